The zero-order valence-electron chi connectivity index (χ0n) is 12.6. The first kappa shape index (κ1) is 14.8. The molecule has 2 heterocycles. The number of rotatable bonds is 3. The molecule has 20 heavy (non-hydrogen) atoms. The van der Waals surface area contributed by atoms with E-state index in [-0.39, 0.29) is 6.03 Å². The minimum Gasteiger partial charge on any atom is -0.331 e. The first-order valence-corrected chi connectivity index (χ1v) is 7.17. The van der Waals surface area contributed by atoms with Crippen LogP contribution in [0.4, 0.5) is 4.79 Å². The molecule has 0 radical (unpaired) electrons. The van der Waals surface area contributed by atoms with Gasteiger partial charge in [-0.25, -0.2) is 4.79 Å². The first-order chi connectivity index (χ1) is 9.58. The number of hydrogen-bond donors (Lipinski definition) is 1. The van der Waals surface area contributed by atoms with Gasteiger partial charge in [0.2, 0.25) is 0 Å². The summed E-state index contributed by atoms with van der Waals surface area (Å²) in [7, 11) is 3.61. The maximum absolute atomic E-state index is 11.9. The average Bonchev–Trinajstić information content (AvgIpc) is 2.46. The number of aryl methyl sites for hydroxylation is 1. The van der Waals surface area contributed by atoms with Gasteiger partial charge >= 0.3 is 6.03 Å². The van der Waals surface area contributed by atoms with E-state index in [1.165, 1.54) is 11.1 Å². The lowest BCUT2D eigenvalue weighted by atomic mass is 10.0. The average molecular weight is 276 g/mol. The molecule has 1 aromatic rings. The van der Waals surface area contributed by atoms with Crippen LogP contribution in [0.1, 0.15) is 24.0 Å². The predicted octanol–water partition coefficient (Wildman–Crippen LogP) is 1.63. The third kappa shape index (κ3) is 3.70. The quantitative estimate of drug-likeness (QED) is 0.913. The molecule has 0 spiro atoms. The first-order valence-electron chi connectivity index (χ1n) is 7.17. The van der Waals surface area contributed by atoms with Crippen molar-refractivity contribution in [2.24, 2.45) is 0 Å². The second-order valence-electron chi connectivity index (χ2n) is 5.62. The molecule has 1 aromatic heterocycles. The van der Waals surface area contributed by atoms with E-state index >= 15 is 0 Å². The molecule has 110 valence electrons. The van der Waals surface area contributed by atoms with Gasteiger partial charge in [0, 0.05) is 52.2 Å². The largest absolute Gasteiger partial charge is 0.331 e. The van der Waals surface area contributed by atoms with Crippen LogP contribution in [0.2, 0.25) is 0 Å². The minimum absolute atomic E-state index is 0.119. The fourth-order valence-corrected chi connectivity index (χ4v) is 2.51. The summed E-state index contributed by atoms with van der Waals surface area (Å²) in [6.07, 6.45) is 5.77. The van der Waals surface area contributed by atoms with Crippen LogP contribution in [0.5, 0.6) is 0 Å². The number of nitrogens with zero attached hydrogens (tertiary/aromatic N) is 3. The van der Waals surface area contributed by atoms with Crippen molar-refractivity contribution in [2.75, 3.05) is 27.2 Å². The lowest BCUT2D eigenvalue weighted by Crippen LogP contribution is -2.47. The molecule has 1 saturated heterocycles. The molecule has 1 aliphatic rings. The van der Waals surface area contributed by atoms with E-state index in [4.69, 9.17) is 0 Å². The minimum atomic E-state index is 0.119. The highest BCUT2D eigenvalue weighted by molar-refractivity contribution is 5.73. The van der Waals surface area contributed by atoms with Crippen LogP contribution < -0.4 is 5.32 Å². The Hall–Kier alpha value is -1.62. The Kier molecular flexibility index (Phi) is 4.95. The number of nitrogens with one attached hydrogen (secondary N) is 1. The van der Waals surface area contributed by atoms with E-state index < -0.39 is 0 Å². The van der Waals surface area contributed by atoms with Crippen LogP contribution >= 0.6 is 0 Å². The van der Waals surface area contributed by atoms with E-state index in [0.717, 1.165) is 32.5 Å². The predicted molar refractivity (Wildman–Crippen MR) is 79.5 cm³/mol. The molecule has 2 rings (SSSR count). The van der Waals surface area contributed by atoms with Crippen LogP contribution in [-0.4, -0.2) is 54.0 Å². The molecular weight excluding hydrogens is 252 g/mol. The van der Waals surface area contributed by atoms with Crippen molar-refractivity contribution in [1.82, 2.24) is 20.1 Å². The molecule has 0 aliphatic carbocycles. The van der Waals surface area contributed by atoms with E-state index in [9.17, 15) is 4.79 Å². The standard InChI is InChI=1S/C15H24N4O/c1-12-10-16-7-4-13(12)11-17-14-5-8-19(9-6-14)15(20)18(2)3/h4,7,10,14,17H,5-6,8-9,11H2,1-3H3. The summed E-state index contributed by atoms with van der Waals surface area (Å²) in [5.74, 6) is 0. The van der Waals surface area contributed by atoms with E-state index in [1.54, 1.807) is 19.0 Å². The Morgan fingerprint density at radius 3 is 2.75 bits per heavy atom. The molecule has 0 saturated carbocycles. The van der Waals surface area contributed by atoms with Gasteiger partial charge in [0.15, 0.2) is 0 Å². The molecule has 0 aromatic carbocycles. The van der Waals surface area contributed by atoms with Gasteiger partial charge in [-0.3, -0.25) is 4.98 Å². The summed E-state index contributed by atoms with van der Waals surface area (Å²) < 4.78 is 0. The van der Waals surface area contributed by atoms with E-state index in [0.29, 0.717) is 6.04 Å². The Balaban J connectivity index is 1.78. The summed E-state index contributed by atoms with van der Waals surface area (Å²) in [5, 5.41) is 3.59. The molecule has 1 N–H and O–H groups in total. The highest BCUT2D eigenvalue weighted by Crippen LogP contribution is 2.13. The fourth-order valence-electron chi connectivity index (χ4n) is 2.51. The van der Waals surface area contributed by atoms with Crippen LogP contribution in [-0.2, 0) is 6.54 Å². The summed E-state index contributed by atoms with van der Waals surface area (Å²) >= 11 is 0. The van der Waals surface area contributed by atoms with Crippen LogP contribution in [0.15, 0.2) is 18.5 Å². The third-order valence-electron chi connectivity index (χ3n) is 3.87. The van der Waals surface area contributed by atoms with E-state index in [2.05, 4.69) is 23.3 Å². The molecule has 2 amide bonds. The van der Waals surface area contributed by atoms with Crippen molar-refractivity contribution in [2.45, 2.75) is 32.4 Å². The van der Waals surface area contributed by atoms with Gasteiger partial charge in [0.1, 0.15) is 0 Å². The smallest absolute Gasteiger partial charge is 0.319 e. The second kappa shape index (κ2) is 6.70. The van der Waals surface area contributed by atoms with Crippen molar-refractivity contribution in [3.05, 3.63) is 29.6 Å². The van der Waals surface area contributed by atoms with Gasteiger partial charge in [0.05, 0.1) is 0 Å². The number of urea groups is 1. The van der Waals surface area contributed by atoms with Crippen LogP contribution in [0.3, 0.4) is 0 Å². The molecule has 5 nitrogen and oxygen atoms in total. The summed E-state index contributed by atoms with van der Waals surface area (Å²) in [6, 6.07) is 2.68. The molecule has 0 bridgehead atoms. The lowest BCUT2D eigenvalue weighted by molar-refractivity contribution is 0.152. The molecule has 5 heteroatoms. The number of amides is 2. The van der Waals surface area contributed by atoms with Crippen LogP contribution in [0, 0.1) is 6.92 Å². The number of piperidine rings is 1. The Morgan fingerprint density at radius 1 is 1.45 bits per heavy atom. The maximum Gasteiger partial charge on any atom is 0.319 e. The van der Waals surface area contributed by atoms with Crippen molar-refractivity contribution >= 4 is 6.03 Å². The second-order valence-corrected chi connectivity index (χ2v) is 5.62. The number of carbonyl (C=O) groups excluding carboxylic acids is 1. The fraction of sp³-hybridized carbons (Fsp3) is 0.600. The normalized spacial score (nSPS) is 16.2. The highest BCUT2D eigenvalue weighted by Gasteiger charge is 2.23. The van der Waals surface area contributed by atoms with Gasteiger partial charge in [0.25, 0.3) is 0 Å². The Morgan fingerprint density at radius 2 is 2.15 bits per heavy atom. The highest BCUT2D eigenvalue weighted by atomic mass is 16.2. The molecule has 1 aliphatic heterocycles. The third-order valence-corrected chi connectivity index (χ3v) is 3.87. The van der Waals surface area contributed by atoms with Crippen molar-refractivity contribution in [1.29, 1.82) is 0 Å². The zero-order valence-corrected chi connectivity index (χ0v) is 12.6. The number of hydrogen-bond acceptors (Lipinski definition) is 3. The van der Waals surface area contributed by atoms with Crippen molar-refractivity contribution < 1.29 is 4.79 Å². The molecule has 0 unspecified atom stereocenters. The zero-order chi connectivity index (χ0) is 14.5. The number of carbonyl (C=O) groups is 1. The number of likely N-dealkylation sites (tertiary alicyclic amines) is 1. The van der Waals surface area contributed by atoms with Crippen LogP contribution in [0.25, 0.3) is 0 Å². The van der Waals surface area contributed by atoms with Gasteiger partial charge < -0.3 is 15.1 Å². The SMILES string of the molecule is Cc1cnccc1CNC1CCN(C(=O)N(C)C)CC1. The maximum atomic E-state index is 11.9. The topological polar surface area (TPSA) is 48.5 Å². The molecule has 1 fully saturated rings. The Labute approximate surface area is 121 Å². The van der Waals surface area contributed by atoms with Gasteiger partial charge in [-0.05, 0) is 37.0 Å². The van der Waals surface area contributed by atoms with Crippen molar-refractivity contribution in [3.8, 4) is 0 Å². The summed E-state index contributed by atoms with van der Waals surface area (Å²) in [4.78, 5) is 19.5. The van der Waals surface area contributed by atoms with Gasteiger partial charge in [-0.1, -0.05) is 0 Å². The van der Waals surface area contributed by atoms with Gasteiger partial charge in [-0.2, -0.15) is 0 Å². The summed E-state index contributed by atoms with van der Waals surface area (Å²) in [5.41, 5.74) is 2.52. The van der Waals surface area contributed by atoms with Gasteiger partial charge in [-0.15, -0.1) is 0 Å². The number of aromatic nitrogens is 1. The monoisotopic (exact) mass is 276 g/mol. The van der Waals surface area contributed by atoms with Crippen molar-refractivity contribution in [3.63, 3.8) is 0 Å². The molecular formula is C15H24N4O. The lowest BCUT2D eigenvalue weighted by Gasteiger charge is -2.34. The van der Waals surface area contributed by atoms with E-state index in [1.807, 2.05) is 17.3 Å². The Bertz CT molecular complexity index is 453. The summed E-state index contributed by atoms with van der Waals surface area (Å²) in [6.45, 7) is 4.64. The number of pyridine rings is 1. The molecule has 0 atom stereocenters.